The smallest absolute Gasteiger partial charge is 0.0815 e. The van der Waals surface area contributed by atoms with Crippen molar-refractivity contribution in [2.45, 2.75) is 13.0 Å². The fourth-order valence-electron chi connectivity index (χ4n) is 0.307. The van der Waals surface area contributed by atoms with E-state index in [-0.39, 0.29) is 0 Å². The van der Waals surface area contributed by atoms with E-state index >= 15 is 0 Å². The van der Waals surface area contributed by atoms with E-state index in [1.54, 1.807) is 13.0 Å². The van der Waals surface area contributed by atoms with Gasteiger partial charge in [-0.15, -0.1) is 13.2 Å². The van der Waals surface area contributed by atoms with Crippen molar-refractivity contribution in [2.24, 2.45) is 0 Å². The van der Waals surface area contributed by atoms with E-state index in [0.717, 1.165) is 5.92 Å². The molecule has 1 nitrogen and oxygen atoms in total. The lowest BCUT2D eigenvalue weighted by atomic mass is 10.1. The predicted molar refractivity (Wildman–Crippen MR) is 35.3 cm³/mol. The number of aliphatic hydroxyl groups is 1. The maximum Gasteiger partial charge on any atom is 0.0815 e. The van der Waals surface area contributed by atoms with Crippen LogP contribution >= 0.6 is 0 Å². The summed E-state index contributed by atoms with van der Waals surface area (Å²) < 4.78 is 0. The van der Waals surface area contributed by atoms with E-state index in [2.05, 4.69) is 13.2 Å². The van der Waals surface area contributed by atoms with Crippen molar-refractivity contribution < 1.29 is 5.11 Å². The monoisotopic (exact) mass is 111 g/mol. The van der Waals surface area contributed by atoms with Crippen molar-refractivity contribution in [1.82, 2.24) is 0 Å². The van der Waals surface area contributed by atoms with Crippen molar-refractivity contribution in [1.29, 1.82) is 0 Å². The summed E-state index contributed by atoms with van der Waals surface area (Å²) in [4.78, 5) is 0. The van der Waals surface area contributed by atoms with Crippen LogP contribution in [0.5, 0.6) is 0 Å². The molecule has 0 spiro atoms. The Bertz CT molecular complexity index is 74.4. The third kappa shape index (κ3) is 1.94. The van der Waals surface area contributed by atoms with E-state index < -0.39 is 6.10 Å². The summed E-state index contributed by atoms with van der Waals surface area (Å²) in [6.45, 7) is 8.70. The molecule has 0 saturated heterocycles. The van der Waals surface area contributed by atoms with Gasteiger partial charge in [0.2, 0.25) is 0 Å². The van der Waals surface area contributed by atoms with Crippen LogP contribution in [0.3, 0.4) is 0 Å². The quantitative estimate of drug-likeness (QED) is 0.544. The summed E-state index contributed by atoms with van der Waals surface area (Å²) in [7, 11) is 0. The Morgan fingerprint density at radius 2 is 2.12 bits per heavy atom. The lowest BCUT2D eigenvalue weighted by molar-refractivity contribution is 0.243. The van der Waals surface area contributed by atoms with Crippen molar-refractivity contribution in [2.75, 3.05) is 0 Å². The lowest BCUT2D eigenvalue weighted by Gasteiger charge is -2.07. The number of rotatable bonds is 3. The third-order valence-corrected chi connectivity index (χ3v) is 1.01. The van der Waals surface area contributed by atoms with E-state index in [1.165, 1.54) is 6.08 Å². The highest BCUT2D eigenvalue weighted by molar-refractivity contribution is 5.12. The third-order valence-electron chi connectivity index (χ3n) is 1.01. The Morgan fingerprint density at radius 3 is 2.25 bits per heavy atom. The second kappa shape index (κ2) is 3.44. The molecule has 1 unspecified atom stereocenters. The van der Waals surface area contributed by atoms with Crippen LogP contribution in [0.1, 0.15) is 6.92 Å². The van der Waals surface area contributed by atoms with Gasteiger partial charge in [0.25, 0.3) is 0 Å². The first-order valence-corrected chi connectivity index (χ1v) is 2.49. The molecule has 0 aromatic rings. The Hall–Kier alpha value is -0.560. The Labute approximate surface area is 50.3 Å². The van der Waals surface area contributed by atoms with Crippen LogP contribution in [0, 0.1) is 5.92 Å². The number of hydrogen-bond acceptors (Lipinski definition) is 1. The first kappa shape index (κ1) is 7.44. The van der Waals surface area contributed by atoms with Gasteiger partial charge in [-0.25, -0.2) is 0 Å². The van der Waals surface area contributed by atoms with Crippen LogP contribution in [0.15, 0.2) is 25.3 Å². The molecule has 1 N–H and O–H groups in total. The van der Waals surface area contributed by atoms with Crippen LogP contribution in [0.25, 0.3) is 0 Å². The normalized spacial score (nSPS) is 13.4. The predicted octanol–water partition coefficient (Wildman–Crippen LogP) is 1.31. The molecular weight excluding hydrogens is 100 g/mol. The topological polar surface area (TPSA) is 20.2 Å². The second-order valence-electron chi connectivity index (χ2n) is 1.63. The van der Waals surface area contributed by atoms with Gasteiger partial charge < -0.3 is 5.11 Å². The van der Waals surface area contributed by atoms with E-state index in [1.807, 2.05) is 0 Å². The van der Waals surface area contributed by atoms with Gasteiger partial charge in [-0.1, -0.05) is 19.1 Å². The highest BCUT2D eigenvalue weighted by Crippen LogP contribution is 2.05. The minimum Gasteiger partial charge on any atom is -0.388 e. The van der Waals surface area contributed by atoms with Crippen LogP contribution in [-0.4, -0.2) is 11.2 Å². The molecule has 45 valence electrons. The minimum atomic E-state index is -0.521. The van der Waals surface area contributed by atoms with Crippen LogP contribution in [0.4, 0.5) is 0 Å². The zero-order valence-corrected chi connectivity index (χ0v) is 5.09. The SMILES string of the molecule is C=C[C](C)C(O)C=C. The molecule has 0 aromatic carbocycles. The molecule has 0 heterocycles. The fraction of sp³-hybridized carbons (Fsp3) is 0.286. The van der Waals surface area contributed by atoms with Gasteiger partial charge in [0.05, 0.1) is 6.10 Å². The van der Waals surface area contributed by atoms with Crippen LogP contribution < -0.4 is 0 Å². The molecule has 0 fully saturated rings. The summed E-state index contributed by atoms with van der Waals surface area (Å²) >= 11 is 0. The van der Waals surface area contributed by atoms with Gasteiger partial charge in [0, 0.05) is 5.92 Å². The minimum absolute atomic E-state index is 0.521. The standard InChI is InChI=1S/C7H11O/c1-4-6(3)7(8)5-2/h4-5,7-8H,1-2H2,3H3. The molecule has 0 saturated carbocycles. The molecule has 0 aliphatic heterocycles. The maximum absolute atomic E-state index is 8.90. The second-order valence-corrected chi connectivity index (χ2v) is 1.63. The molecule has 0 aliphatic carbocycles. The van der Waals surface area contributed by atoms with Gasteiger partial charge in [-0.05, 0) is 0 Å². The summed E-state index contributed by atoms with van der Waals surface area (Å²) in [6.07, 6.45) is 2.57. The van der Waals surface area contributed by atoms with E-state index in [9.17, 15) is 0 Å². The van der Waals surface area contributed by atoms with Crippen molar-refractivity contribution in [3.05, 3.63) is 31.2 Å². The van der Waals surface area contributed by atoms with Gasteiger partial charge in [-0.2, -0.15) is 0 Å². The van der Waals surface area contributed by atoms with Crippen molar-refractivity contribution in [3.8, 4) is 0 Å². The molecule has 0 aliphatic rings. The molecule has 0 rings (SSSR count). The van der Waals surface area contributed by atoms with E-state index in [4.69, 9.17) is 5.11 Å². The molecule has 0 amide bonds. The Balaban J connectivity index is 3.60. The first-order valence-electron chi connectivity index (χ1n) is 2.49. The molecule has 8 heavy (non-hydrogen) atoms. The summed E-state index contributed by atoms with van der Waals surface area (Å²) in [5.74, 6) is 0.833. The average Bonchev–Trinajstić information content (AvgIpc) is 1.84. The van der Waals surface area contributed by atoms with Gasteiger partial charge in [-0.3, -0.25) is 0 Å². The summed E-state index contributed by atoms with van der Waals surface area (Å²) in [6, 6.07) is 0. The highest BCUT2D eigenvalue weighted by atomic mass is 16.3. The largest absolute Gasteiger partial charge is 0.388 e. The zero-order chi connectivity index (χ0) is 6.57. The zero-order valence-electron chi connectivity index (χ0n) is 5.09. The summed E-state index contributed by atoms with van der Waals surface area (Å²) in [5, 5.41) is 8.90. The number of hydrogen-bond donors (Lipinski definition) is 1. The van der Waals surface area contributed by atoms with Gasteiger partial charge in [0.15, 0.2) is 0 Å². The van der Waals surface area contributed by atoms with Crippen LogP contribution in [0.2, 0.25) is 0 Å². The molecule has 0 aromatic heterocycles. The van der Waals surface area contributed by atoms with E-state index in [0.29, 0.717) is 0 Å². The summed E-state index contributed by atoms with van der Waals surface area (Å²) in [5.41, 5.74) is 0. The first-order chi connectivity index (χ1) is 3.72. The fourth-order valence-corrected chi connectivity index (χ4v) is 0.307. The average molecular weight is 111 g/mol. The molecule has 1 heteroatoms. The highest BCUT2D eigenvalue weighted by Gasteiger charge is 2.04. The lowest BCUT2D eigenvalue weighted by Crippen LogP contribution is -2.08. The van der Waals surface area contributed by atoms with Crippen LogP contribution in [-0.2, 0) is 0 Å². The van der Waals surface area contributed by atoms with Gasteiger partial charge in [0.1, 0.15) is 0 Å². The molecular formula is C7H11O. The van der Waals surface area contributed by atoms with Crippen molar-refractivity contribution in [3.63, 3.8) is 0 Å². The van der Waals surface area contributed by atoms with Gasteiger partial charge >= 0.3 is 0 Å². The molecule has 0 bridgehead atoms. The van der Waals surface area contributed by atoms with Crippen molar-refractivity contribution >= 4 is 0 Å². The maximum atomic E-state index is 8.90. The molecule has 1 atom stereocenters. The Kier molecular flexibility index (Phi) is 3.20. The number of aliphatic hydroxyl groups excluding tert-OH is 1. The molecule has 1 radical (unpaired) electrons. The Morgan fingerprint density at radius 1 is 1.62 bits per heavy atom.